The number of aromatic nitrogens is 3. The Kier molecular flexibility index (Phi) is 6.40. The van der Waals surface area contributed by atoms with Gasteiger partial charge in [0.05, 0.1) is 13.7 Å². The molecule has 1 unspecified atom stereocenters. The van der Waals surface area contributed by atoms with Crippen LogP contribution in [0.2, 0.25) is 0 Å². The average Bonchev–Trinajstić information content (AvgIpc) is 3.22. The number of nitrogens with two attached hydrogens (primary N) is 1. The molecule has 1 amide bonds. The number of ether oxygens (including phenoxy) is 2. The first-order valence-electron chi connectivity index (χ1n) is 8.97. The molecular formula is C20H22FN5O3. The van der Waals surface area contributed by atoms with Crippen LogP contribution in [0.3, 0.4) is 0 Å². The van der Waals surface area contributed by atoms with Crippen LogP contribution in [0.4, 0.5) is 4.39 Å². The van der Waals surface area contributed by atoms with Gasteiger partial charge in [0.25, 0.3) is 5.91 Å². The number of hydrogen-bond acceptors (Lipinski definition) is 6. The molecule has 8 nitrogen and oxygen atoms in total. The minimum atomic E-state index is -0.550. The summed E-state index contributed by atoms with van der Waals surface area (Å²) in [5, 5.41) is 6.89. The van der Waals surface area contributed by atoms with Crippen LogP contribution in [0.1, 0.15) is 22.8 Å². The number of carbonyl (C=O) groups is 1. The third-order valence-corrected chi connectivity index (χ3v) is 4.18. The van der Waals surface area contributed by atoms with Gasteiger partial charge in [0.2, 0.25) is 0 Å². The Hall–Kier alpha value is -3.46. The van der Waals surface area contributed by atoms with E-state index in [2.05, 4.69) is 15.4 Å². The molecule has 1 atom stereocenters. The van der Waals surface area contributed by atoms with Gasteiger partial charge >= 0.3 is 0 Å². The van der Waals surface area contributed by atoms with Crippen molar-refractivity contribution in [1.29, 1.82) is 0 Å². The van der Waals surface area contributed by atoms with Crippen LogP contribution in [0, 0.1) is 5.82 Å². The fourth-order valence-electron chi connectivity index (χ4n) is 2.73. The predicted molar refractivity (Wildman–Crippen MR) is 104 cm³/mol. The zero-order chi connectivity index (χ0) is 20.8. The standard InChI is InChI=1S/C20H22FN5O3/c1-13(10-26-12-23-11-24-26)25-20(27)15-4-6-18(28-2)19(8-15)29-17-5-3-14(9-22)7-16(17)21/h3-8,11-13H,9-10,22H2,1-2H3,(H,25,27). The molecule has 0 aliphatic heterocycles. The van der Waals surface area contributed by atoms with Gasteiger partial charge in [-0.3, -0.25) is 9.48 Å². The lowest BCUT2D eigenvalue weighted by atomic mass is 10.1. The largest absolute Gasteiger partial charge is 0.493 e. The van der Waals surface area contributed by atoms with Crippen LogP contribution in [0.5, 0.6) is 17.2 Å². The predicted octanol–water partition coefficient (Wildman–Crippen LogP) is 2.50. The van der Waals surface area contributed by atoms with Crippen LogP contribution < -0.4 is 20.5 Å². The van der Waals surface area contributed by atoms with Gasteiger partial charge in [0.15, 0.2) is 23.1 Å². The fraction of sp³-hybridized carbons (Fsp3) is 0.250. The van der Waals surface area contributed by atoms with E-state index >= 15 is 0 Å². The summed E-state index contributed by atoms with van der Waals surface area (Å²) in [6.07, 6.45) is 3.01. The van der Waals surface area contributed by atoms with Crippen LogP contribution in [-0.4, -0.2) is 33.8 Å². The SMILES string of the molecule is COc1ccc(C(=O)NC(C)Cn2cncn2)cc1Oc1ccc(CN)cc1F. The smallest absolute Gasteiger partial charge is 0.251 e. The first-order chi connectivity index (χ1) is 14.0. The Labute approximate surface area is 167 Å². The summed E-state index contributed by atoms with van der Waals surface area (Å²) in [5.74, 6) is -0.240. The highest BCUT2D eigenvalue weighted by molar-refractivity contribution is 5.95. The monoisotopic (exact) mass is 399 g/mol. The maximum Gasteiger partial charge on any atom is 0.251 e. The molecular weight excluding hydrogens is 377 g/mol. The van der Waals surface area contributed by atoms with E-state index in [1.165, 1.54) is 31.6 Å². The minimum absolute atomic E-state index is 0.0117. The number of hydrogen-bond donors (Lipinski definition) is 2. The number of halogens is 1. The molecule has 0 saturated heterocycles. The van der Waals surface area contributed by atoms with Gasteiger partial charge in [-0.25, -0.2) is 9.37 Å². The van der Waals surface area contributed by atoms with Crippen molar-refractivity contribution in [3.63, 3.8) is 0 Å². The quantitative estimate of drug-likeness (QED) is 0.603. The lowest BCUT2D eigenvalue weighted by molar-refractivity contribution is 0.0935. The van der Waals surface area contributed by atoms with Gasteiger partial charge in [-0.1, -0.05) is 6.07 Å². The van der Waals surface area contributed by atoms with E-state index in [0.717, 1.165) is 0 Å². The van der Waals surface area contributed by atoms with Gasteiger partial charge in [-0.15, -0.1) is 0 Å². The van der Waals surface area contributed by atoms with Gasteiger partial charge in [-0.2, -0.15) is 5.10 Å². The summed E-state index contributed by atoms with van der Waals surface area (Å²) in [6.45, 7) is 2.56. The molecule has 0 saturated carbocycles. The number of benzene rings is 2. The van der Waals surface area contributed by atoms with Crippen LogP contribution in [0.25, 0.3) is 0 Å². The Morgan fingerprint density at radius 1 is 1.24 bits per heavy atom. The fourth-order valence-corrected chi connectivity index (χ4v) is 2.73. The molecule has 29 heavy (non-hydrogen) atoms. The van der Waals surface area contributed by atoms with Gasteiger partial charge in [0.1, 0.15) is 12.7 Å². The van der Waals surface area contributed by atoms with Crippen molar-refractivity contribution in [3.8, 4) is 17.2 Å². The third kappa shape index (κ3) is 5.08. The van der Waals surface area contributed by atoms with E-state index in [1.807, 2.05) is 6.92 Å². The summed E-state index contributed by atoms with van der Waals surface area (Å²) < 4.78 is 26.8. The second-order valence-electron chi connectivity index (χ2n) is 6.43. The summed E-state index contributed by atoms with van der Waals surface area (Å²) in [5.41, 5.74) is 6.52. The topological polar surface area (TPSA) is 104 Å². The van der Waals surface area contributed by atoms with Crippen molar-refractivity contribution in [2.45, 2.75) is 26.1 Å². The molecule has 0 spiro atoms. The molecule has 0 aliphatic rings. The summed E-state index contributed by atoms with van der Waals surface area (Å²) in [6, 6.07) is 9.00. The molecule has 1 aromatic heterocycles. The third-order valence-electron chi connectivity index (χ3n) is 4.18. The molecule has 3 aromatic rings. The molecule has 3 N–H and O–H groups in total. The Morgan fingerprint density at radius 3 is 2.69 bits per heavy atom. The van der Waals surface area contributed by atoms with Crippen LogP contribution in [0.15, 0.2) is 49.1 Å². The highest BCUT2D eigenvalue weighted by Gasteiger charge is 2.16. The van der Waals surface area contributed by atoms with Crippen molar-refractivity contribution in [2.24, 2.45) is 5.73 Å². The van der Waals surface area contributed by atoms with Crippen molar-refractivity contribution >= 4 is 5.91 Å². The number of methoxy groups -OCH3 is 1. The molecule has 0 bridgehead atoms. The van der Waals surface area contributed by atoms with Crippen LogP contribution >= 0.6 is 0 Å². The zero-order valence-electron chi connectivity index (χ0n) is 16.1. The highest BCUT2D eigenvalue weighted by atomic mass is 19.1. The van der Waals surface area contributed by atoms with Crippen molar-refractivity contribution in [1.82, 2.24) is 20.1 Å². The Balaban J connectivity index is 1.76. The number of nitrogens with zero attached hydrogens (tertiary/aromatic N) is 3. The van der Waals surface area contributed by atoms with E-state index in [4.69, 9.17) is 15.2 Å². The first-order valence-corrected chi connectivity index (χ1v) is 8.97. The van der Waals surface area contributed by atoms with Crippen LogP contribution in [-0.2, 0) is 13.1 Å². The minimum Gasteiger partial charge on any atom is -0.493 e. The average molecular weight is 399 g/mol. The number of nitrogens with one attached hydrogen (secondary N) is 1. The molecule has 3 rings (SSSR count). The van der Waals surface area contributed by atoms with Gasteiger partial charge in [0, 0.05) is 18.2 Å². The van der Waals surface area contributed by atoms with Crippen molar-refractivity contribution in [2.75, 3.05) is 7.11 Å². The maximum absolute atomic E-state index is 14.3. The zero-order valence-corrected chi connectivity index (χ0v) is 16.1. The highest BCUT2D eigenvalue weighted by Crippen LogP contribution is 2.33. The molecule has 152 valence electrons. The van der Waals surface area contributed by atoms with E-state index in [-0.39, 0.29) is 30.0 Å². The number of amides is 1. The van der Waals surface area contributed by atoms with Crippen molar-refractivity contribution in [3.05, 3.63) is 66.0 Å². The van der Waals surface area contributed by atoms with E-state index in [0.29, 0.717) is 23.4 Å². The molecule has 0 radical (unpaired) electrons. The van der Waals surface area contributed by atoms with Gasteiger partial charge in [-0.05, 0) is 42.8 Å². The van der Waals surface area contributed by atoms with E-state index in [9.17, 15) is 9.18 Å². The Bertz CT molecular complexity index is 978. The normalized spacial score (nSPS) is 11.7. The lowest BCUT2D eigenvalue weighted by Crippen LogP contribution is -2.35. The molecule has 9 heteroatoms. The second kappa shape index (κ2) is 9.16. The number of rotatable bonds is 8. The molecule has 0 fully saturated rings. The van der Waals surface area contributed by atoms with E-state index < -0.39 is 5.82 Å². The molecule has 0 aliphatic carbocycles. The molecule has 2 aromatic carbocycles. The summed E-state index contributed by atoms with van der Waals surface area (Å²) >= 11 is 0. The van der Waals surface area contributed by atoms with Crippen molar-refractivity contribution < 1.29 is 18.7 Å². The summed E-state index contributed by atoms with van der Waals surface area (Å²) in [4.78, 5) is 16.5. The maximum atomic E-state index is 14.3. The molecule has 1 heterocycles. The van der Waals surface area contributed by atoms with Gasteiger partial charge < -0.3 is 20.5 Å². The Morgan fingerprint density at radius 2 is 2.03 bits per heavy atom. The second-order valence-corrected chi connectivity index (χ2v) is 6.43. The van der Waals surface area contributed by atoms with E-state index in [1.54, 1.807) is 29.2 Å². The lowest BCUT2D eigenvalue weighted by Gasteiger charge is -2.16. The summed E-state index contributed by atoms with van der Waals surface area (Å²) in [7, 11) is 1.47. The first kappa shape index (κ1) is 20.3. The number of carbonyl (C=O) groups excluding carboxylic acids is 1.